The maximum Gasteiger partial charge on any atom is 0.230 e. The lowest BCUT2D eigenvalue weighted by Gasteiger charge is -2.32. The Morgan fingerprint density at radius 3 is 2.79 bits per heavy atom. The van der Waals surface area contributed by atoms with E-state index in [1.807, 2.05) is 6.92 Å². The van der Waals surface area contributed by atoms with Crippen LogP contribution in [0.25, 0.3) is 0 Å². The van der Waals surface area contributed by atoms with Gasteiger partial charge in [0.25, 0.3) is 0 Å². The molecule has 0 bridgehead atoms. The van der Waals surface area contributed by atoms with E-state index >= 15 is 0 Å². The molecule has 2 atom stereocenters. The van der Waals surface area contributed by atoms with Gasteiger partial charge in [-0.3, -0.25) is 0 Å². The predicted octanol–water partition coefficient (Wildman–Crippen LogP) is 0.666. The molecule has 1 saturated heterocycles. The highest BCUT2D eigenvalue weighted by Crippen LogP contribution is 2.21. The third kappa shape index (κ3) is 2.22. The minimum absolute atomic E-state index is 0.00884. The minimum Gasteiger partial charge on any atom is -0.211 e. The average Bonchev–Trinajstić information content (AvgIpc) is 2.17. The first-order chi connectivity index (χ1) is 6.50. The number of nitrogens with zero attached hydrogens (tertiary/aromatic N) is 2. The molecule has 0 radical (unpaired) electrons. The predicted molar refractivity (Wildman–Crippen MR) is 57.5 cm³/mol. The smallest absolute Gasteiger partial charge is 0.211 e. The van der Waals surface area contributed by atoms with Crippen molar-refractivity contribution in [3.63, 3.8) is 0 Å². The molecule has 0 aromatic heterocycles. The van der Waals surface area contributed by atoms with Gasteiger partial charge >= 0.3 is 0 Å². The van der Waals surface area contributed by atoms with E-state index in [9.17, 15) is 8.42 Å². The van der Waals surface area contributed by atoms with Crippen LogP contribution in [0.1, 0.15) is 13.8 Å². The molecule has 0 aromatic rings. The van der Waals surface area contributed by atoms with Gasteiger partial charge in [0.05, 0.1) is 6.07 Å². The zero-order chi connectivity index (χ0) is 10.8. The molecule has 0 aliphatic carbocycles. The maximum absolute atomic E-state index is 11.8. The Bertz CT molecular complexity index is 334. The molecule has 4 nitrogen and oxygen atoms in total. The van der Waals surface area contributed by atoms with Crippen molar-refractivity contribution < 1.29 is 8.42 Å². The third-order valence-corrected chi connectivity index (χ3v) is 5.65. The highest BCUT2D eigenvalue weighted by Gasteiger charge is 2.33. The molecular formula is C8H14N2O2S2. The number of nitriles is 1. The highest BCUT2D eigenvalue weighted by molar-refractivity contribution is 7.99. The lowest BCUT2D eigenvalue weighted by atomic mass is 10.4. The summed E-state index contributed by atoms with van der Waals surface area (Å²) in [6, 6.07) is 1.80. The van der Waals surface area contributed by atoms with Gasteiger partial charge in [-0.1, -0.05) is 0 Å². The average molecular weight is 234 g/mol. The summed E-state index contributed by atoms with van der Waals surface area (Å²) in [5.74, 6) is 1.64. The summed E-state index contributed by atoms with van der Waals surface area (Å²) in [7, 11) is -3.40. The van der Waals surface area contributed by atoms with Crippen LogP contribution >= 0.6 is 11.8 Å². The Balaban J connectivity index is 2.87. The van der Waals surface area contributed by atoms with Gasteiger partial charge in [-0.15, -0.1) is 0 Å². The van der Waals surface area contributed by atoms with Crippen LogP contribution in [0.5, 0.6) is 0 Å². The highest BCUT2D eigenvalue weighted by atomic mass is 32.2. The molecule has 6 heteroatoms. The van der Waals surface area contributed by atoms with Gasteiger partial charge in [-0.25, -0.2) is 8.42 Å². The van der Waals surface area contributed by atoms with Gasteiger partial charge in [0.1, 0.15) is 0 Å². The molecule has 80 valence electrons. The molecule has 2 unspecified atom stereocenters. The first-order valence-electron chi connectivity index (χ1n) is 4.48. The molecular weight excluding hydrogens is 220 g/mol. The lowest BCUT2D eigenvalue weighted by molar-refractivity contribution is 0.365. The molecule has 1 rings (SSSR count). The summed E-state index contributed by atoms with van der Waals surface area (Å²) in [5, 5.41) is 7.69. The molecule has 0 N–H and O–H groups in total. The van der Waals surface area contributed by atoms with Gasteiger partial charge in [0.15, 0.2) is 5.25 Å². The van der Waals surface area contributed by atoms with Crippen LogP contribution < -0.4 is 0 Å². The maximum atomic E-state index is 11.8. The zero-order valence-electron chi connectivity index (χ0n) is 8.30. The Kier molecular flexibility index (Phi) is 3.81. The van der Waals surface area contributed by atoms with E-state index in [2.05, 4.69) is 0 Å². The van der Waals surface area contributed by atoms with Crippen molar-refractivity contribution in [2.45, 2.75) is 25.1 Å². The van der Waals surface area contributed by atoms with Gasteiger partial charge in [-0.05, 0) is 13.8 Å². The van der Waals surface area contributed by atoms with Crippen LogP contribution in [0.2, 0.25) is 0 Å². The van der Waals surface area contributed by atoms with Gasteiger partial charge in [0, 0.05) is 24.1 Å². The van der Waals surface area contributed by atoms with E-state index in [0.717, 1.165) is 11.5 Å². The van der Waals surface area contributed by atoms with Crippen molar-refractivity contribution in [2.24, 2.45) is 0 Å². The summed E-state index contributed by atoms with van der Waals surface area (Å²) in [5.41, 5.74) is 0. The Hall–Kier alpha value is -0.250. The van der Waals surface area contributed by atoms with Crippen molar-refractivity contribution in [1.29, 1.82) is 5.26 Å². The van der Waals surface area contributed by atoms with E-state index in [1.165, 1.54) is 11.2 Å². The second kappa shape index (κ2) is 4.51. The van der Waals surface area contributed by atoms with Crippen LogP contribution in [0.3, 0.4) is 0 Å². The van der Waals surface area contributed by atoms with Gasteiger partial charge in [-0.2, -0.15) is 21.3 Å². The normalized spacial score (nSPS) is 26.8. The molecule has 0 spiro atoms. The van der Waals surface area contributed by atoms with Gasteiger partial charge < -0.3 is 0 Å². The standard InChI is InChI=1S/C8H14N2O2S2/c1-7-6-13-4-3-10(7)14(11,12)8(2)5-9/h7-8H,3-4,6H2,1-2H3. The molecule has 1 aliphatic rings. The van der Waals surface area contributed by atoms with E-state index in [4.69, 9.17) is 5.26 Å². The minimum atomic E-state index is -3.40. The van der Waals surface area contributed by atoms with Gasteiger partial charge in [0.2, 0.25) is 10.0 Å². The summed E-state index contributed by atoms with van der Waals surface area (Å²) < 4.78 is 25.1. The molecule has 0 amide bonds. The van der Waals surface area contributed by atoms with Crippen LogP contribution in [0.4, 0.5) is 0 Å². The topological polar surface area (TPSA) is 61.2 Å². The zero-order valence-corrected chi connectivity index (χ0v) is 9.94. The number of thioether (sulfide) groups is 1. The van der Waals surface area contributed by atoms with E-state index in [0.29, 0.717) is 6.54 Å². The fraction of sp³-hybridized carbons (Fsp3) is 0.875. The van der Waals surface area contributed by atoms with Crippen LogP contribution in [-0.4, -0.2) is 42.1 Å². The van der Waals surface area contributed by atoms with Crippen molar-refractivity contribution in [2.75, 3.05) is 18.1 Å². The van der Waals surface area contributed by atoms with Crippen LogP contribution in [0, 0.1) is 11.3 Å². The number of sulfonamides is 1. The SMILES string of the molecule is CC1CSCCN1S(=O)(=O)C(C)C#N. The fourth-order valence-electron chi connectivity index (χ4n) is 1.36. The van der Waals surface area contributed by atoms with Crippen molar-refractivity contribution in [3.05, 3.63) is 0 Å². The number of hydrogen-bond donors (Lipinski definition) is 0. The molecule has 1 heterocycles. The van der Waals surface area contributed by atoms with Crippen LogP contribution in [-0.2, 0) is 10.0 Å². The van der Waals surface area contributed by atoms with E-state index in [1.54, 1.807) is 17.8 Å². The van der Waals surface area contributed by atoms with E-state index < -0.39 is 15.3 Å². The quantitative estimate of drug-likeness (QED) is 0.704. The Morgan fingerprint density at radius 2 is 2.29 bits per heavy atom. The fourth-order valence-corrected chi connectivity index (χ4v) is 4.04. The molecule has 1 aliphatic heterocycles. The molecule has 0 saturated carbocycles. The van der Waals surface area contributed by atoms with Crippen LogP contribution in [0.15, 0.2) is 0 Å². The first-order valence-corrected chi connectivity index (χ1v) is 7.14. The number of hydrogen-bond acceptors (Lipinski definition) is 4. The second-order valence-corrected chi connectivity index (χ2v) is 6.71. The molecule has 1 fully saturated rings. The Morgan fingerprint density at radius 1 is 1.64 bits per heavy atom. The Labute approximate surface area is 89.3 Å². The van der Waals surface area contributed by atoms with Crippen molar-refractivity contribution >= 4 is 21.8 Å². The summed E-state index contributed by atoms with van der Waals surface area (Å²) in [6.07, 6.45) is 0. The molecule has 14 heavy (non-hydrogen) atoms. The third-order valence-electron chi connectivity index (χ3n) is 2.26. The lowest BCUT2D eigenvalue weighted by Crippen LogP contribution is -2.47. The summed E-state index contributed by atoms with van der Waals surface area (Å²) >= 11 is 1.75. The van der Waals surface area contributed by atoms with Crippen molar-refractivity contribution in [3.8, 4) is 6.07 Å². The monoisotopic (exact) mass is 234 g/mol. The van der Waals surface area contributed by atoms with E-state index in [-0.39, 0.29) is 6.04 Å². The first kappa shape index (κ1) is 11.8. The molecule has 0 aromatic carbocycles. The van der Waals surface area contributed by atoms with Crippen molar-refractivity contribution in [1.82, 2.24) is 4.31 Å². The summed E-state index contributed by atoms with van der Waals surface area (Å²) in [4.78, 5) is 0. The number of rotatable bonds is 2. The largest absolute Gasteiger partial charge is 0.230 e. The second-order valence-electron chi connectivity index (χ2n) is 3.35. The summed E-state index contributed by atoms with van der Waals surface area (Å²) in [6.45, 7) is 3.85.